The monoisotopic (exact) mass is 634 g/mol. The molecule has 4 bridgehead atoms. The molecular formula is C32H43ClN2O9. The Hall–Kier alpha value is -3.12. The van der Waals surface area contributed by atoms with Crippen molar-refractivity contribution in [1.82, 2.24) is 5.32 Å². The number of fused-ring (bicyclic) bond motifs is 5. The van der Waals surface area contributed by atoms with E-state index in [1.54, 1.807) is 40.0 Å². The van der Waals surface area contributed by atoms with Crippen LogP contribution in [0.15, 0.2) is 35.9 Å². The van der Waals surface area contributed by atoms with Gasteiger partial charge in [-0.3, -0.25) is 14.9 Å². The number of hydrogen-bond acceptors (Lipinski definition) is 9. The standard InChI is InChI=1S/C32H43ClN2O9/c1-17(2)29(37)43-25-15-26(36)35(6)21-13-20(14-22(40-7)27(21)33)12-18(3)10-9-11-24(41-8)32(39)16-23(42-30(38)34-32)19(4)28-31(25,5)44-28/h9-11,13-14,17,19,23-25,28,39H,12,15-16H2,1-8H3,(H,34,38)/b11-9+,18-10-/t19-,23+,24-,25+,28+,31+,32+/m1/s1. The Morgan fingerprint density at radius 3 is 2.59 bits per heavy atom. The number of nitrogens with zero attached hydrogens (tertiary/aromatic N) is 1. The minimum Gasteiger partial charge on any atom is -0.495 e. The van der Waals surface area contributed by atoms with Crippen molar-refractivity contribution in [2.45, 2.75) is 89.6 Å². The van der Waals surface area contributed by atoms with Gasteiger partial charge in [-0.05, 0) is 38.0 Å². The molecule has 11 nitrogen and oxygen atoms in total. The van der Waals surface area contributed by atoms with Crippen molar-refractivity contribution < 1.29 is 43.2 Å². The molecule has 1 aromatic carbocycles. The summed E-state index contributed by atoms with van der Waals surface area (Å²) in [5.41, 5.74) is -0.587. The number of methoxy groups -OCH3 is 2. The number of aliphatic hydroxyl groups is 1. The predicted octanol–water partition coefficient (Wildman–Crippen LogP) is 4.32. The third-order valence-electron chi connectivity index (χ3n) is 8.68. The van der Waals surface area contributed by atoms with E-state index in [9.17, 15) is 19.5 Å². The highest BCUT2D eigenvalue weighted by atomic mass is 35.5. The lowest BCUT2D eigenvalue weighted by atomic mass is 9.83. The number of allylic oxidation sites excluding steroid dienone is 3. The zero-order chi connectivity index (χ0) is 32.6. The largest absolute Gasteiger partial charge is 0.495 e. The number of nitrogens with one attached hydrogen (secondary N) is 1. The fourth-order valence-electron chi connectivity index (χ4n) is 5.88. The number of esters is 1. The fraction of sp³-hybridized carbons (Fsp3) is 0.594. The van der Waals surface area contributed by atoms with Crippen molar-refractivity contribution >= 4 is 35.3 Å². The third kappa shape index (κ3) is 6.91. The maximum Gasteiger partial charge on any atom is 0.409 e. The lowest BCUT2D eigenvalue weighted by molar-refractivity contribution is -0.157. The number of anilines is 1. The van der Waals surface area contributed by atoms with Gasteiger partial charge in [0.25, 0.3) is 0 Å². The van der Waals surface area contributed by atoms with Gasteiger partial charge in [0.05, 0.1) is 31.2 Å². The van der Waals surface area contributed by atoms with Crippen LogP contribution in [0.3, 0.4) is 0 Å². The first kappa shape index (κ1) is 33.8. The van der Waals surface area contributed by atoms with E-state index >= 15 is 0 Å². The summed E-state index contributed by atoms with van der Waals surface area (Å²) < 4.78 is 28.8. The third-order valence-corrected chi connectivity index (χ3v) is 9.06. The molecule has 3 heterocycles. The Labute approximate surface area is 263 Å². The van der Waals surface area contributed by atoms with Gasteiger partial charge in [-0.1, -0.05) is 56.2 Å². The summed E-state index contributed by atoms with van der Waals surface area (Å²) in [6, 6.07) is 3.63. The zero-order valence-corrected chi connectivity index (χ0v) is 27.3. The van der Waals surface area contributed by atoms with E-state index in [2.05, 4.69) is 5.32 Å². The van der Waals surface area contributed by atoms with E-state index in [0.717, 1.165) is 11.1 Å². The molecule has 0 spiro atoms. The highest BCUT2D eigenvalue weighted by Gasteiger charge is 2.64. The quantitative estimate of drug-likeness (QED) is 0.366. The van der Waals surface area contributed by atoms with Gasteiger partial charge in [0.2, 0.25) is 5.91 Å². The average molecular weight is 635 g/mol. The van der Waals surface area contributed by atoms with Gasteiger partial charge in [0.15, 0.2) is 5.72 Å². The van der Waals surface area contributed by atoms with Crippen LogP contribution in [0.25, 0.3) is 0 Å². The number of rotatable bonds is 4. The van der Waals surface area contributed by atoms with Crippen molar-refractivity contribution in [1.29, 1.82) is 0 Å². The SMILES string of the molecule is COc1cc2cc(c1Cl)N(C)C(=O)C[C@H](OC(=O)C(C)C)[C@]1(C)O[C@H]1[C@H](C)[C@@H]1C[C@@](O)(NC(=O)O1)[C@H](OC)/C=C/C=C(/C)C2. The summed E-state index contributed by atoms with van der Waals surface area (Å²) in [6.07, 6.45) is 1.65. The summed E-state index contributed by atoms with van der Waals surface area (Å²) >= 11 is 6.68. The van der Waals surface area contributed by atoms with E-state index in [-0.39, 0.29) is 23.8 Å². The van der Waals surface area contributed by atoms with Crippen LogP contribution >= 0.6 is 11.6 Å². The Bertz CT molecular complexity index is 1350. The number of benzene rings is 1. The molecule has 0 aliphatic carbocycles. The van der Waals surface area contributed by atoms with Gasteiger partial charge in [0, 0.05) is 26.5 Å². The van der Waals surface area contributed by atoms with E-state index in [1.807, 2.05) is 32.1 Å². The average Bonchev–Trinajstić information content (AvgIpc) is 3.66. The molecule has 0 saturated carbocycles. The first-order valence-electron chi connectivity index (χ1n) is 14.7. The van der Waals surface area contributed by atoms with E-state index in [0.29, 0.717) is 17.9 Å². The Balaban J connectivity index is 1.80. The Morgan fingerprint density at radius 1 is 1.25 bits per heavy atom. The molecule has 0 unspecified atom stereocenters. The normalized spacial score (nSPS) is 34.7. The highest BCUT2D eigenvalue weighted by Crippen LogP contribution is 2.49. The van der Waals surface area contributed by atoms with Crippen LogP contribution in [0.5, 0.6) is 5.75 Å². The topological polar surface area (TPSA) is 136 Å². The van der Waals surface area contributed by atoms with Crippen molar-refractivity contribution in [2.24, 2.45) is 11.8 Å². The van der Waals surface area contributed by atoms with Crippen molar-refractivity contribution in [3.05, 3.63) is 46.5 Å². The second kappa shape index (κ2) is 13.1. The number of ether oxygens (including phenoxy) is 5. The molecule has 242 valence electrons. The van der Waals surface area contributed by atoms with Crippen LogP contribution in [0.2, 0.25) is 5.02 Å². The van der Waals surface area contributed by atoms with Gasteiger partial charge in [-0.25, -0.2) is 4.79 Å². The van der Waals surface area contributed by atoms with Gasteiger partial charge >= 0.3 is 12.1 Å². The number of amides is 2. The van der Waals surface area contributed by atoms with Crippen LogP contribution in [0.1, 0.15) is 53.0 Å². The van der Waals surface area contributed by atoms with Gasteiger partial charge in [0.1, 0.15) is 34.7 Å². The molecule has 0 radical (unpaired) electrons. The molecule has 0 aromatic heterocycles. The maximum atomic E-state index is 13.8. The summed E-state index contributed by atoms with van der Waals surface area (Å²) in [4.78, 5) is 40.7. The molecule has 1 aromatic rings. The molecular weight excluding hydrogens is 592 g/mol. The Kier molecular flexibility index (Phi) is 10.0. The molecule has 3 aliphatic heterocycles. The van der Waals surface area contributed by atoms with E-state index in [4.69, 9.17) is 35.3 Å². The lowest BCUT2D eigenvalue weighted by Gasteiger charge is -2.42. The fourth-order valence-corrected chi connectivity index (χ4v) is 6.19. The van der Waals surface area contributed by atoms with Crippen molar-refractivity contribution in [2.75, 3.05) is 26.2 Å². The van der Waals surface area contributed by atoms with E-state index in [1.165, 1.54) is 19.1 Å². The smallest absolute Gasteiger partial charge is 0.409 e. The molecule has 12 heteroatoms. The molecule has 2 fully saturated rings. The first-order valence-corrected chi connectivity index (χ1v) is 15.1. The van der Waals surface area contributed by atoms with E-state index < -0.39 is 59.6 Å². The number of hydrogen-bond donors (Lipinski definition) is 2. The summed E-state index contributed by atoms with van der Waals surface area (Å²) in [5, 5.41) is 14.4. The first-order chi connectivity index (χ1) is 20.6. The summed E-state index contributed by atoms with van der Waals surface area (Å²) in [5.74, 6) is -1.30. The number of carbonyl (C=O) groups excluding carboxylic acids is 3. The zero-order valence-electron chi connectivity index (χ0n) is 26.5. The van der Waals surface area contributed by atoms with Gasteiger partial charge in [-0.15, -0.1) is 0 Å². The number of alkyl carbamates (subject to hydrolysis) is 1. The van der Waals surface area contributed by atoms with Gasteiger partial charge in [-0.2, -0.15) is 0 Å². The van der Waals surface area contributed by atoms with Crippen LogP contribution in [0, 0.1) is 11.8 Å². The number of epoxide rings is 1. The van der Waals surface area contributed by atoms with Crippen LogP contribution in [-0.4, -0.2) is 80.1 Å². The minimum absolute atomic E-state index is 0.00361. The molecule has 2 amide bonds. The number of halogens is 1. The molecule has 7 atom stereocenters. The maximum absolute atomic E-state index is 13.8. The Morgan fingerprint density at radius 2 is 1.95 bits per heavy atom. The van der Waals surface area contributed by atoms with Crippen LogP contribution in [0.4, 0.5) is 10.5 Å². The molecule has 3 aliphatic rings. The lowest BCUT2D eigenvalue weighted by Crippen LogP contribution is -2.63. The summed E-state index contributed by atoms with van der Waals surface area (Å²) in [7, 11) is 4.56. The van der Waals surface area contributed by atoms with Crippen molar-refractivity contribution in [3.63, 3.8) is 0 Å². The van der Waals surface area contributed by atoms with Crippen LogP contribution in [-0.2, 0) is 35.0 Å². The molecule has 44 heavy (non-hydrogen) atoms. The molecule has 4 rings (SSSR count). The van der Waals surface area contributed by atoms with Crippen molar-refractivity contribution in [3.8, 4) is 5.75 Å². The highest BCUT2D eigenvalue weighted by molar-refractivity contribution is 6.35. The second-order valence-electron chi connectivity index (χ2n) is 12.4. The minimum atomic E-state index is -1.77. The second-order valence-corrected chi connectivity index (χ2v) is 12.8. The number of carbonyl (C=O) groups is 3. The molecule has 2 saturated heterocycles. The summed E-state index contributed by atoms with van der Waals surface area (Å²) in [6.45, 7) is 8.95. The van der Waals surface area contributed by atoms with Crippen LogP contribution < -0.4 is 15.0 Å². The van der Waals surface area contributed by atoms with Gasteiger partial charge < -0.3 is 33.7 Å². The molecule has 2 N–H and O–H groups in total. The predicted molar refractivity (Wildman–Crippen MR) is 164 cm³/mol.